The number of hydrogen-bond acceptors (Lipinski definition) is 6. The number of carbonyl (C=O) groups excluding carboxylic acids is 2. The summed E-state index contributed by atoms with van der Waals surface area (Å²) in [5.74, 6) is 2.24. The zero-order valence-electron chi connectivity index (χ0n) is 25.3. The zero-order valence-corrected chi connectivity index (χ0v) is 25.3. The summed E-state index contributed by atoms with van der Waals surface area (Å²) in [5.41, 5.74) is 1.27. The number of likely N-dealkylation sites (tertiary alicyclic amines) is 1. The highest BCUT2D eigenvalue weighted by molar-refractivity contribution is 5.96. The third-order valence-corrected chi connectivity index (χ3v) is 8.33. The molecular formula is C33H47N3O5. The SMILES string of the molecule is COc1ccc(CN2CCC3(CCCCNC(=O)c4ccccc4OC[C@H](C(C)C)NC3=O)CC2)cc1OC(C)C. The largest absolute Gasteiger partial charge is 0.493 e. The minimum Gasteiger partial charge on any atom is -0.493 e. The van der Waals surface area contributed by atoms with Crippen LogP contribution in [0.2, 0.25) is 0 Å². The van der Waals surface area contributed by atoms with Crippen molar-refractivity contribution in [2.24, 2.45) is 11.3 Å². The Morgan fingerprint density at radius 2 is 1.76 bits per heavy atom. The highest BCUT2D eigenvalue weighted by Crippen LogP contribution is 2.38. The molecule has 224 valence electrons. The maximum Gasteiger partial charge on any atom is 0.255 e. The molecule has 0 radical (unpaired) electrons. The van der Waals surface area contributed by atoms with Crippen LogP contribution >= 0.6 is 0 Å². The third-order valence-electron chi connectivity index (χ3n) is 8.33. The Balaban J connectivity index is 1.46. The van der Waals surface area contributed by atoms with E-state index in [1.807, 2.05) is 38.1 Å². The van der Waals surface area contributed by atoms with Crippen molar-refractivity contribution in [3.63, 3.8) is 0 Å². The molecule has 2 heterocycles. The predicted octanol–water partition coefficient (Wildman–Crippen LogP) is 5.20. The summed E-state index contributed by atoms with van der Waals surface area (Å²) in [6.07, 6.45) is 4.17. The van der Waals surface area contributed by atoms with E-state index in [9.17, 15) is 9.59 Å². The van der Waals surface area contributed by atoms with Crippen LogP contribution in [0.15, 0.2) is 42.5 Å². The number of rotatable bonds is 6. The minimum atomic E-state index is -0.429. The van der Waals surface area contributed by atoms with E-state index in [4.69, 9.17) is 14.2 Å². The van der Waals surface area contributed by atoms with Crippen molar-refractivity contribution in [3.8, 4) is 17.2 Å². The Labute approximate surface area is 245 Å². The normalized spacial score (nSPS) is 20.5. The van der Waals surface area contributed by atoms with Gasteiger partial charge in [-0.05, 0) is 88.4 Å². The molecule has 1 fully saturated rings. The lowest BCUT2D eigenvalue weighted by molar-refractivity contribution is -0.136. The number of carbonyl (C=O) groups is 2. The van der Waals surface area contributed by atoms with Crippen LogP contribution < -0.4 is 24.8 Å². The zero-order chi connectivity index (χ0) is 29.4. The van der Waals surface area contributed by atoms with Crippen LogP contribution in [0.25, 0.3) is 0 Å². The molecule has 2 aromatic carbocycles. The second-order valence-corrected chi connectivity index (χ2v) is 12.1. The number of hydrogen-bond donors (Lipinski definition) is 2. The van der Waals surface area contributed by atoms with E-state index in [0.717, 1.165) is 63.2 Å². The molecule has 0 saturated carbocycles. The van der Waals surface area contributed by atoms with Gasteiger partial charge in [0.25, 0.3) is 5.91 Å². The molecule has 0 aromatic heterocycles. The van der Waals surface area contributed by atoms with Crippen molar-refractivity contribution in [1.29, 1.82) is 0 Å². The molecule has 0 aliphatic carbocycles. The van der Waals surface area contributed by atoms with Gasteiger partial charge in [0.05, 0.1) is 30.2 Å². The summed E-state index contributed by atoms with van der Waals surface area (Å²) in [6.45, 7) is 11.6. The fourth-order valence-electron chi connectivity index (χ4n) is 5.72. The molecule has 2 aromatic rings. The first-order valence-corrected chi connectivity index (χ1v) is 15.1. The molecule has 1 spiro atoms. The van der Waals surface area contributed by atoms with Crippen molar-refractivity contribution >= 4 is 11.8 Å². The maximum absolute atomic E-state index is 14.0. The van der Waals surface area contributed by atoms with Crippen molar-refractivity contribution < 1.29 is 23.8 Å². The maximum atomic E-state index is 14.0. The predicted molar refractivity (Wildman–Crippen MR) is 161 cm³/mol. The molecule has 4 rings (SSSR count). The number of methoxy groups -OCH3 is 1. The minimum absolute atomic E-state index is 0.0606. The Bertz CT molecular complexity index is 1170. The Hall–Kier alpha value is -3.26. The van der Waals surface area contributed by atoms with Crippen molar-refractivity contribution in [2.75, 3.05) is 33.4 Å². The van der Waals surface area contributed by atoms with Crippen LogP contribution in [0.5, 0.6) is 17.2 Å². The van der Waals surface area contributed by atoms with E-state index in [1.165, 1.54) is 5.56 Å². The van der Waals surface area contributed by atoms with Gasteiger partial charge in [-0.2, -0.15) is 0 Å². The van der Waals surface area contributed by atoms with E-state index in [0.29, 0.717) is 24.5 Å². The van der Waals surface area contributed by atoms with Crippen molar-refractivity contribution in [2.45, 2.75) is 78.5 Å². The number of nitrogens with one attached hydrogen (secondary N) is 2. The van der Waals surface area contributed by atoms with Crippen LogP contribution in [-0.2, 0) is 11.3 Å². The molecule has 2 aliphatic rings. The summed E-state index contributed by atoms with van der Waals surface area (Å²) >= 11 is 0. The lowest BCUT2D eigenvalue weighted by Gasteiger charge is -2.42. The fourth-order valence-corrected chi connectivity index (χ4v) is 5.72. The Kier molecular flexibility index (Phi) is 10.5. The van der Waals surface area contributed by atoms with Crippen LogP contribution in [0.3, 0.4) is 0 Å². The van der Waals surface area contributed by atoms with E-state index in [2.05, 4.69) is 41.5 Å². The van der Waals surface area contributed by atoms with Gasteiger partial charge in [-0.15, -0.1) is 0 Å². The van der Waals surface area contributed by atoms with Crippen molar-refractivity contribution in [3.05, 3.63) is 53.6 Å². The molecule has 2 amide bonds. The lowest BCUT2D eigenvalue weighted by atomic mass is 9.73. The number of ether oxygens (including phenoxy) is 3. The standard InChI is InChI=1S/C33H47N3O5/c1-23(2)27-22-40-28-11-7-6-10-26(28)31(37)34-17-9-8-14-33(32(38)35-27)15-18-36(19-16-33)21-25-12-13-29(39-5)30(20-25)41-24(3)4/h6-7,10-13,20,23-24,27H,8-9,14-19,21-22H2,1-5H3,(H,34,37)(H,35,38)/t27-/m1/s1. The number of piperidine rings is 1. The van der Waals surface area contributed by atoms with Gasteiger partial charge in [0, 0.05) is 13.1 Å². The average molecular weight is 566 g/mol. The first-order chi connectivity index (χ1) is 19.7. The van der Waals surface area contributed by atoms with E-state index in [1.54, 1.807) is 13.2 Å². The van der Waals surface area contributed by atoms with Gasteiger partial charge in [0.1, 0.15) is 12.4 Å². The number of nitrogens with zero attached hydrogens (tertiary/aromatic N) is 1. The van der Waals surface area contributed by atoms with E-state index < -0.39 is 5.41 Å². The summed E-state index contributed by atoms with van der Waals surface area (Å²) in [6, 6.07) is 13.3. The van der Waals surface area contributed by atoms with Gasteiger partial charge in [0.2, 0.25) is 5.91 Å². The molecule has 1 atom stereocenters. The van der Waals surface area contributed by atoms with Crippen LogP contribution in [-0.4, -0.2) is 62.2 Å². The van der Waals surface area contributed by atoms with E-state index in [-0.39, 0.29) is 29.9 Å². The number of fused-ring (bicyclic) bond motifs is 1. The lowest BCUT2D eigenvalue weighted by Crippen LogP contribution is -2.53. The Morgan fingerprint density at radius 3 is 2.46 bits per heavy atom. The highest BCUT2D eigenvalue weighted by atomic mass is 16.5. The molecule has 2 aliphatic heterocycles. The Morgan fingerprint density at radius 1 is 1.00 bits per heavy atom. The second-order valence-electron chi connectivity index (χ2n) is 12.1. The molecule has 0 unspecified atom stereocenters. The summed E-state index contributed by atoms with van der Waals surface area (Å²) in [5, 5.41) is 6.40. The molecular weight excluding hydrogens is 518 g/mol. The van der Waals surface area contributed by atoms with Gasteiger partial charge in [-0.3, -0.25) is 14.5 Å². The van der Waals surface area contributed by atoms with Gasteiger partial charge >= 0.3 is 0 Å². The molecule has 8 heteroatoms. The number of para-hydroxylation sites is 1. The van der Waals surface area contributed by atoms with Gasteiger partial charge in [0.15, 0.2) is 11.5 Å². The molecule has 41 heavy (non-hydrogen) atoms. The summed E-state index contributed by atoms with van der Waals surface area (Å²) < 4.78 is 17.6. The third kappa shape index (κ3) is 7.94. The smallest absolute Gasteiger partial charge is 0.255 e. The molecule has 2 N–H and O–H groups in total. The second kappa shape index (κ2) is 14.1. The van der Waals surface area contributed by atoms with Gasteiger partial charge in [-0.25, -0.2) is 0 Å². The van der Waals surface area contributed by atoms with Crippen LogP contribution in [0.1, 0.15) is 75.7 Å². The molecule has 1 saturated heterocycles. The van der Waals surface area contributed by atoms with Gasteiger partial charge in [-0.1, -0.05) is 38.5 Å². The first kappa shape index (κ1) is 30.7. The quantitative estimate of drug-likeness (QED) is 0.501. The summed E-state index contributed by atoms with van der Waals surface area (Å²) in [7, 11) is 1.66. The van der Waals surface area contributed by atoms with Gasteiger partial charge < -0.3 is 24.8 Å². The topological polar surface area (TPSA) is 89.1 Å². The number of amides is 2. The summed E-state index contributed by atoms with van der Waals surface area (Å²) in [4.78, 5) is 29.2. The average Bonchev–Trinajstić information content (AvgIpc) is 2.95. The molecule has 0 bridgehead atoms. The highest BCUT2D eigenvalue weighted by Gasteiger charge is 2.42. The number of benzene rings is 2. The first-order valence-electron chi connectivity index (χ1n) is 15.1. The van der Waals surface area contributed by atoms with E-state index >= 15 is 0 Å². The van der Waals surface area contributed by atoms with Crippen LogP contribution in [0, 0.1) is 11.3 Å². The monoisotopic (exact) mass is 565 g/mol. The molecule has 8 nitrogen and oxygen atoms in total. The van der Waals surface area contributed by atoms with Crippen molar-refractivity contribution in [1.82, 2.24) is 15.5 Å². The van der Waals surface area contributed by atoms with Crippen LogP contribution in [0.4, 0.5) is 0 Å². The fraction of sp³-hybridized carbons (Fsp3) is 0.576.